The van der Waals surface area contributed by atoms with E-state index in [1.165, 1.54) is 18.2 Å². The number of amides is 1. The first-order chi connectivity index (χ1) is 11.4. The van der Waals surface area contributed by atoms with Gasteiger partial charge >= 0.3 is 0 Å². The lowest BCUT2D eigenvalue weighted by atomic mass is 10.2. The van der Waals surface area contributed by atoms with E-state index in [1.54, 1.807) is 4.90 Å². The third-order valence-corrected chi connectivity index (χ3v) is 4.31. The Morgan fingerprint density at radius 1 is 1.21 bits per heavy atom. The molecule has 1 N–H and O–H groups in total. The van der Waals surface area contributed by atoms with Crippen molar-refractivity contribution in [1.29, 1.82) is 0 Å². The predicted octanol–water partition coefficient (Wildman–Crippen LogP) is 4.50. The number of rotatable bonds is 6. The Balaban J connectivity index is 2.03. The Hall–Kier alpha value is -1.79. The number of hydrogen-bond acceptors (Lipinski definition) is 2. The van der Waals surface area contributed by atoms with E-state index in [0.29, 0.717) is 12.2 Å². The summed E-state index contributed by atoms with van der Waals surface area (Å²) in [6.45, 7) is 4.38. The lowest BCUT2D eigenvalue weighted by Crippen LogP contribution is -2.33. The molecule has 0 spiro atoms. The molecule has 0 heterocycles. The Morgan fingerprint density at radius 3 is 2.46 bits per heavy atom. The van der Waals surface area contributed by atoms with Gasteiger partial charge in [-0.1, -0.05) is 19.1 Å². The third kappa shape index (κ3) is 4.85. The lowest BCUT2D eigenvalue weighted by Gasteiger charge is -2.20. The number of halogens is 3. The van der Waals surface area contributed by atoms with E-state index in [0.717, 1.165) is 10.0 Å². The minimum absolute atomic E-state index is 0.0244. The molecule has 0 saturated carbocycles. The molecule has 0 aliphatic heterocycles. The molecular weight excluding hydrogens is 378 g/mol. The fraction of sp³-hybridized carbons (Fsp3) is 0.278. The van der Waals surface area contributed by atoms with Crippen molar-refractivity contribution in [3.63, 3.8) is 0 Å². The van der Waals surface area contributed by atoms with Crippen LogP contribution in [0.3, 0.4) is 0 Å². The van der Waals surface area contributed by atoms with Gasteiger partial charge in [-0.15, -0.1) is 0 Å². The number of carbonyl (C=O) groups is 1. The van der Waals surface area contributed by atoms with E-state index in [1.807, 2.05) is 32.0 Å². The Kier molecular flexibility index (Phi) is 6.45. The van der Waals surface area contributed by atoms with Crippen molar-refractivity contribution in [3.05, 3.63) is 63.6 Å². The van der Waals surface area contributed by atoms with Gasteiger partial charge in [0.2, 0.25) is 5.91 Å². The first kappa shape index (κ1) is 18.5. The Bertz CT molecular complexity index is 717. The molecule has 0 aliphatic carbocycles. The number of nitrogens with zero attached hydrogens (tertiary/aromatic N) is 1. The average Bonchev–Trinajstić information content (AvgIpc) is 2.52. The fourth-order valence-electron chi connectivity index (χ4n) is 2.30. The van der Waals surface area contributed by atoms with Crippen LogP contribution in [-0.2, 0) is 11.3 Å². The normalized spacial score (nSPS) is 10.9. The highest BCUT2D eigenvalue weighted by molar-refractivity contribution is 9.10. The van der Waals surface area contributed by atoms with Crippen LogP contribution in [0.1, 0.15) is 18.1 Å². The van der Waals surface area contributed by atoms with Crippen molar-refractivity contribution >= 4 is 27.5 Å². The second-order valence-electron chi connectivity index (χ2n) is 5.53. The van der Waals surface area contributed by atoms with Gasteiger partial charge in [0.1, 0.15) is 11.6 Å². The topological polar surface area (TPSA) is 32.3 Å². The highest BCUT2D eigenvalue weighted by atomic mass is 79.9. The summed E-state index contributed by atoms with van der Waals surface area (Å²) >= 11 is 3.40. The monoisotopic (exact) mass is 396 g/mol. The maximum Gasteiger partial charge on any atom is 0.238 e. The third-order valence-electron chi connectivity index (χ3n) is 3.66. The molecule has 0 aliphatic rings. The van der Waals surface area contributed by atoms with E-state index in [-0.39, 0.29) is 24.6 Å². The van der Waals surface area contributed by atoms with Gasteiger partial charge < -0.3 is 5.32 Å². The second-order valence-corrected chi connectivity index (χ2v) is 6.39. The minimum atomic E-state index is -0.602. The van der Waals surface area contributed by atoms with Crippen LogP contribution in [0.25, 0.3) is 0 Å². The van der Waals surface area contributed by atoms with Crippen molar-refractivity contribution in [1.82, 2.24) is 4.90 Å². The SMILES string of the molecule is CCN(CC(=O)Nc1ccc(C)cc1Br)Cc1c(F)cccc1F. The van der Waals surface area contributed by atoms with E-state index >= 15 is 0 Å². The van der Waals surface area contributed by atoms with Crippen LogP contribution in [0, 0.1) is 18.6 Å². The van der Waals surface area contributed by atoms with Crippen LogP contribution < -0.4 is 5.32 Å². The molecule has 0 radical (unpaired) electrons. The van der Waals surface area contributed by atoms with Crippen molar-refractivity contribution < 1.29 is 13.6 Å². The molecule has 128 valence electrons. The zero-order valence-corrected chi connectivity index (χ0v) is 15.2. The number of aryl methyl sites for hydroxylation is 1. The molecule has 0 fully saturated rings. The summed E-state index contributed by atoms with van der Waals surface area (Å²) in [6, 6.07) is 9.37. The largest absolute Gasteiger partial charge is 0.324 e. The van der Waals surface area contributed by atoms with Gasteiger partial charge in [-0.3, -0.25) is 9.69 Å². The van der Waals surface area contributed by atoms with Crippen molar-refractivity contribution in [2.75, 3.05) is 18.4 Å². The van der Waals surface area contributed by atoms with Crippen molar-refractivity contribution in [2.24, 2.45) is 0 Å². The Labute approximate surface area is 148 Å². The number of benzene rings is 2. The summed E-state index contributed by atoms with van der Waals surface area (Å²) in [6.07, 6.45) is 0. The smallest absolute Gasteiger partial charge is 0.238 e. The summed E-state index contributed by atoms with van der Waals surface area (Å²) in [5.74, 6) is -1.44. The molecule has 1 amide bonds. The van der Waals surface area contributed by atoms with E-state index in [2.05, 4.69) is 21.2 Å². The summed E-state index contributed by atoms with van der Waals surface area (Å²) in [7, 11) is 0. The number of anilines is 1. The van der Waals surface area contributed by atoms with Gasteiger partial charge in [0, 0.05) is 16.6 Å². The molecular formula is C18H19BrF2N2O. The van der Waals surface area contributed by atoms with Gasteiger partial charge in [-0.25, -0.2) is 8.78 Å². The first-order valence-electron chi connectivity index (χ1n) is 7.62. The van der Waals surface area contributed by atoms with Crippen molar-refractivity contribution in [2.45, 2.75) is 20.4 Å². The van der Waals surface area contributed by atoms with Gasteiger partial charge in [0.25, 0.3) is 0 Å². The molecule has 6 heteroatoms. The van der Waals surface area contributed by atoms with Gasteiger partial charge in [0.05, 0.1) is 12.2 Å². The highest BCUT2D eigenvalue weighted by Gasteiger charge is 2.15. The number of carbonyl (C=O) groups excluding carboxylic acids is 1. The van der Waals surface area contributed by atoms with E-state index in [4.69, 9.17) is 0 Å². The van der Waals surface area contributed by atoms with Crippen LogP contribution in [0.2, 0.25) is 0 Å². The first-order valence-corrected chi connectivity index (χ1v) is 8.41. The predicted molar refractivity (Wildman–Crippen MR) is 94.8 cm³/mol. The quantitative estimate of drug-likeness (QED) is 0.779. The Morgan fingerprint density at radius 2 is 1.88 bits per heavy atom. The molecule has 24 heavy (non-hydrogen) atoms. The van der Waals surface area contributed by atoms with Crippen LogP contribution in [0.5, 0.6) is 0 Å². The molecule has 0 bridgehead atoms. The van der Waals surface area contributed by atoms with Crippen molar-refractivity contribution in [3.8, 4) is 0 Å². The highest BCUT2D eigenvalue weighted by Crippen LogP contribution is 2.23. The lowest BCUT2D eigenvalue weighted by molar-refractivity contribution is -0.117. The van der Waals surface area contributed by atoms with Crippen LogP contribution >= 0.6 is 15.9 Å². The van der Waals surface area contributed by atoms with E-state index < -0.39 is 11.6 Å². The van der Waals surface area contributed by atoms with Gasteiger partial charge in [0.15, 0.2) is 0 Å². The van der Waals surface area contributed by atoms with Gasteiger partial charge in [-0.05, 0) is 59.2 Å². The number of hydrogen-bond donors (Lipinski definition) is 1. The molecule has 0 atom stereocenters. The van der Waals surface area contributed by atoms with E-state index in [9.17, 15) is 13.6 Å². The molecule has 2 aromatic carbocycles. The van der Waals surface area contributed by atoms with Crippen LogP contribution in [-0.4, -0.2) is 23.9 Å². The summed E-state index contributed by atoms with van der Waals surface area (Å²) < 4.78 is 28.3. The van der Waals surface area contributed by atoms with Gasteiger partial charge in [-0.2, -0.15) is 0 Å². The van der Waals surface area contributed by atoms with Crippen LogP contribution in [0.15, 0.2) is 40.9 Å². The summed E-state index contributed by atoms with van der Waals surface area (Å²) in [5.41, 5.74) is 1.72. The minimum Gasteiger partial charge on any atom is -0.324 e. The maximum atomic E-state index is 13.7. The summed E-state index contributed by atoms with van der Waals surface area (Å²) in [5, 5.41) is 2.80. The molecule has 2 aromatic rings. The standard InChI is InChI=1S/C18H19BrF2N2O/c1-3-23(10-13-15(20)5-4-6-16(13)21)11-18(24)22-17-8-7-12(2)9-14(17)19/h4-9H,3,10-11H2,1-2H3,(H,22,24). The molecule has 0 aromatic heterocycles. The second kappa shape index (κ2) is 8.35. The van der Waals surface area contributed by atoms with Crippen LogP contribution in [0.4, 0.5) is 14.5 Å². The number of nitrogens with one attached hydrogen (secondary N) is 1. The molecule has 3 nitrogen and oxygen atoms in total. The molecule has 0 unspecified atom stereocenters. The number of likely N-dealkylation sites (N-methyl/N-ethyl adjacent to an activating group) is 1. The average molecular weight is 397 g/mol. The molecule has 0 saturated heterocycles. The zero-order valence-electron chi connectivity index (χ0n) is 13.6. The maximum absolute atomic E-state index is 13.7. The fourth-order valence-corrected chi connectivity index (χ4v) is 2.89. The summed E-state index contributed by atoms with van der Waals surface area (Å²) in [4.78, 5) is 13.9. The molecule has 2 rings (SSSR count). The zero-order chi connectivity index (χ0) is 17.7.